The second kappa shape index (κ2) is 5.16. The quantitative estimate of drug-likeness (QED) is 0.646. The summed E-state index contributed by atoms with van der Waals surface area (Å²) in [5.74, 6) is 0. The molecule has 2 heterocycles. The molecule has 3 rings (SSSR count). The van der Waals surface area contributed by atoms with Gasteiger partial charge >= 0.3 is 0 Å². The summed E-state index contributed by atoms with van der Waals surface area (Å²) >= 11 is 3.14. The summed E-state index contributed by atoms with van der Waals surface area (Å²) in [5, 5.41) is 17.1. The van der Waals surface area contributed by atoms with Crippen molar-refractivity contribution in [1.29, 1.82) is 0 Å². The van der Waals surface area contributed by atoms with Crippen LogP contribution in [0, 0.1) is 0 Å². The number of benzene rings is 1. The van der Waals surface area contributed by atoms with Gasteiger partial charge in [0.1, 0.15) is 5.52 Å². The molecule has 1 aromatic carbocycles. The van der Waals surface area contributed by atoms with Gasteiger partial charge in [-0.3, -0.25) is 0 Å². The van der Waals surface area contributed by atoms with Crippen LogP contribution >= 0.6 is 22.7 Å². The zero-order valence-electron chi connectivity index (χ0n) is 10.0. The van der Waals surface area contributed by atoms with E-state index in [0.717, 1.165) is 21.5 Å². The molecule has 3 aromatic rings. The molecule has 2 aromatic heterocycles. The van der Waals surface area contributed by atoms with Gasteiger partial charge in [0.05, 0.1) is 27.7 Å². The summed E-state index contributed by atoms with van der Waals surface area (Å²) in [5.41, 5.74) is 11.0. The number of hydrogen-bond donors (Lipinski definition) is 3. The average Bonchev–Trinajstić information content (AvgIpc) is 3.09. The molecule has 0 aliphatic carbocycles. The Balaban J connectivity index is 1.76. The van der Waals surface area contributed by atoms with Gasteiger partial charge in [-0.15, -0.1) is 11.3 Å². The lowest BCUT2D eigenvalue weighted by Gasteiger charge is -2.13. The lowest BCUT2D eigenvalue weighted by atomic mass is 10.2. The van der Waals surface area contributed by atoms with Gasteiger partial charge in [-0.25, -0.2) is 4.98 Å². The molecule has 1 atom stereocenters. The van der Waals surface area contributed by atoms with E-state index >= 15 is 0 Å². The van der Waals surface area contributed by atoms with E-state index in [1.54, 1.807) is 28.2 Å². The van der Waals surface area contributed by atoms with Crippen molar-refractivity contribution in [2.75, 3.05) is 17.6 Å². The number of fused-ring (bicyclic) bond motifs is 1. The topological polar surface area (TPSA) is 71.2 Å². The second-order valence-corrected chi connectivity index (χ2v) is 5.85. The number of nitrogens with two attached hydrogens (primary N) is 1. The lowest BCUT2D eigenvalue weighted by molar-refractivity contribution is 0.192. The van der Waals surface area contributed by atoms with Crippen LogP contribution in [0.2, 0.25) is 0 Å². The highest BCUT2D eigenvalue weighted by molar-refractivity contribution is 7.16. The minimum Gasteiger partial charge on any atom is -0.395 e. The Morgan fingerprint density at radius 3 is 3.05 bits per heavy atom. The third kappa shape index (κ3) is 2.42. The van der Waals surface area contributed by atoms with Crippen LogP contribution in [-0.4, -0.2) is 16.6 Å². The van der Waals surface area contributed by atoms with E-state index in [0.29, 0.717) is 12.2 Å². The molecule has 4 N–H and O–H groups in total. The van der Waals surface area contributed by atoms with Crippen molar-refractivity contribution in [2.45, 2.75) is 6.10 Å². The van der Waals surface area contributed by atoms with Gasteiger partial charge in [0.15, 0.2) is 0 Å². The van der Waals surface area contributed by atoms with Crippen molar-refractivity contribution in [2.24, 2.45) is 0 Å². The molecular formula is C13H13N3OS2. The third-order valence-electron chi connectivity index (χ3n) is 2.96. The molecule has 0 spiro atoms. The second-order valence-electron chi connectivity index (χ2n) is 4.18. The minimum atomic E-state index is -0.531. The van der Waals surface area contributed by atoms with Crippen LogP contribution in [0.1, 0.15) is 11.7 Å². The number of thiophene rings is 1. The Hall–Kier alpha value is -1.63. The molecule has 6 heteroatoms. The number of nitrogens with zero attached hydrogens (tertiary/aromatic N) is 1. The molecule has 0 bridgehead atoms. The summed E-state index contributed by atoms with van der Waals surface area (Å²) in [6.07, 6.45) is -0.531. The Morgan fingerprint density at radius 2 is 2.26 bits per heavy atom. The van der Waals surface area contributed by atoms with Gasteiger partial charge < -0.3 is 16.2 Å². The highest BCUT2D eigenvalue weighted by Gasteiger charge is 2.10. The average molecular weight is 291 g/mol. The summed E-state index contributed by atoms with van der Waals surface area (Å²) in [6.45, 7) is 0.427. The molecule has 19 heavy (non-hydrogen) atoms. The highest BCUT2D eigenvalue weighted by Crippen LogP contribution is 2.30. The summed E-state index contributed by atoms with van der Waals surface area (Å²) in [7, 11) is 0. The number of rotatable bonds is 4. The largest absolute Gasteiger partial charge is 0.395 e. The molecule has 0 aliphatic rings. The number of nitrogens with one attached hydrogen (secondary N) is 1. The van der Waals surface area contributed by atoms with Crippen molar-refractivity contribution in [3.8, 4) is 0 Å². The fourth-order valence-electron chi connectivity index (χ4n) is 1.90. The van der Waals surface area contributed by atoms with E-state index < -0.39 is 6.10 Å². The molecule has 98 valence electrons. The van der Waals surface area contributed by atoms with E-state index in [2.05, 4.69) is 10.3 Å². The Labute approximate surface area is 118 Å². The zero-order valence-corrected chi connectivity index (χ0v) is 11.7. The van der Waals surface area contributed by atoms with Crippen molar-refractivity contribution in [3.05, 3.63) is 40.0 Å². The number of nitrogen functional groups attached to an aromatic ring is 1. The first-order valence-corrected chi connectivity index (χ1v) is 7.63. The first kappa shape index (κ1) is 12.4. The van der Waals surface area contributed by atoms with E-state index in [4.69, 9.17) is 5.73 Å². The van der Waals surface area contributed by atoms with Crippen molar-refractivity contribution in [3.63, 3.8) is 0 Å². The van der Waals surface area contributed by atoms with Gasteiger partial charge in [-0.05, 0) is 34.5 Å². The van der Waals surface area contributed by atoms with Gasteiger partial charge in [-0.1, -0.05) is 0 Å². The number of thiazole rings is 1. The summed E-state index contributed by atoms with van der Waals surface area (Å²) < 4.78 is 1.07. The SMILES string of the molecule is Nc1c(NCC(O)c2ccsc2)ccc2scnc12. The monoisotopic (exact) mass is 291 g/mol. The molecule has 0 radical (unpaired) electrons. The number of anilines is 2. The molecule has 1 unspecified atom stereocenters. The molecule has 0 saturated carbocycles. The van der Waals surface area contributed by atoms with Crippen LogP contribution in [0.25, 0.3) is 10.2 Å². The minimum absolute atomic E-state index is 0.427. The lowest BCUT2D eigenvalue weighted by Crippen LogP contribution is -2.12. The normalized spacial score (nSPS) is 12.7. The molecule has 4 nitrogen and oxygen atoms in total. The Kier molecular flexibility index (Phi) is 3.37. The maximum absolute atomic E-state index is 10.0. The third-order valence-corrected chi connectivity index (χ3v) is 4.45. The van der Waals surface area contributed by atoms with Gasteiger partial charge in [0, 0.05) is 6.54 Å². The first-order chi connectivity index (χ1) is 9.25. The van der Waals surface area contributed by atoms with E-state index in [1.165, 1.54) is 0 Å². The number of aromatic nitrogens is 1. The maximum Gasteiger partial charge on any atom is 0.106 e. The fourth-order valence-corrected chi connectivity index (χ4v) is 3.29. The molecule has 0 saturated heterocycles. The van der Waals surface area contributed by atoms with Crippen molar-refractivity contribution >= 4 is 44.3 Å². The van der Waals surface area contributed by atoms with E-state index in [1.807, 2.05) is 29.0 Å². The van der Waals surface area contributed by atoms with Crippen LogP contribution in [0.15, 0.2) is 34.5 Å². The zero-order chi connectivity index (χ0) is 13.2. The van der Waals surface area contributed by atoms with Crippen LogP contribution in [0.3, 0.4) is 0 Å². The predicted molar refractivity (Wildman–Crippen MR) is 81.8 cm³/mol. The van der Waals surface area contributed by atoms with Crippen molar-refractivity contribution < 1.29 is 5.11 Å². The van der Waals surface area contributed by atoms with Crippen LogP contribution in [0.4, 0.5) is 11.4 Å². The van der Waals surface area contributed by atoms with Crippen LogP contribution in [-0.2, 0) is 0 Å². The van der Waals surface area contributed by atoms with Crippen LogP contribution in [0.5, 0.6) is 0 Å². The summed E-state index contributed by atoms with van der Waals surface area (Å²) in [6, 6.07) is 5.84. The van der Waals surface area contributed by atoms with E-state index in [-0.39, 0.29) is 0 Å². The number of aliphatic hydroxyl groups excluding tert-OH is 1. The predicted octanol–water partition coefficient (Wildman–Crippen LogP) is 3.09. The summed E-state index contributed by atoms with van der Waals surface area (Å²) in [4.78, 5) is 4.25. The maximum atomic E-state index is 10.0. The fraction of sp³-hybridized carbons (Fsp3) is 0.154. The van der Waals surface area contributed by atoms with Crippen molar-refractivity contribution in [1.82, 2.24) is 4.98 Å². The van der Waals surface area contributed by atoms with Gasteiger partial charge in [-0.2, -0.15) is 11.3 Å². The smallest absolute Gasteiger partial charge is 0.106 e. The standard InChI is InChI=1S/C13H13N3OS2/c14-12-9(1-2-11-13(12)16-7-19-11)15-5-10(17)8-3-4-18-6-8/h1-4,6-7,10,15,17H,5,14H2. The molecule has 0 amide bonds. The number of aliphatic hydroxyl groups is 1. The number of hydrogen-bond acceptors (Lipinski definition) is 6. The molecule has 0 aliphatic heterocycles. The molecule has 0 fully saturated rings. The van der Waals surface area contributed by atoms with Crippen LogP contribution < -0.4 is 11.1 Å². The Morgan fingerprint density at radius 1 is 1.37 bits per heavy atom. The highest BCUT2D eigenvalue weighted by atomic mass is 32.1. The Bertz CT molecular complexity index is 678. The van der Waals surface area contributed by atoms with E-state index in [9.17, 15) is 5.11 Å². The first-order valence-electron chi connectivity index (χ1n) is 5.81. The van der Waals surface area contributed by atoms with Gasteiger partial charge in [0.2, 0.25) is 0 Å². The molecular weight excluding hydrogens is 278 g/mol. The van der Waals surface area contributed by atoms with Gasteiger partial charge in [0.25, 0.3) is 0 Å².